The van der Waals surface area contributed by atoms with Gasteiger partial charge < -0.3 is 0 Å². The Kier molecular flexibility index (Phi) is 2.79. The van der Waals surface area contributed by atoms with E-state index in [2.05, 4.69) is 5.10 Å². The number of rotatable bonds is 2. The van der Waals surface area contributed by atoms with Crippen LogP contribution >= 0.6 is 0 Å². The smallest absolute Gasteiger partial charge is 0.272 e. The lowest BCUT2D eigenvalue weighted by Crippen LogP contribution is -2.24. The average molecular weight is 243 g/mol. The molecule has 0 amide bonds. The Morgan fingerprint density at radius 3 is 2.33 bits per heavy atom. The highest BCUT2D eigenvalue weighted by Gasteiger charge is 2.40. The number of sulfonamides is 1. The van der Waals surface area contributed by atoms with Crippen LogP contribution in [-0.4, -0.2) is 37.0 Å². The third kappa shape index (κ3) is 2.12. The van der Waals surface area contributed by atoms with Crippen molar-refractivity contribution in [2.24, 2.45) is 0 Å². The molecule has 0 aliphatic rings. The van der Waals surface area contributed by atoms with Crippen LogP contribution in [0.4, 0.5) is 13.2 Å². The van der Waals surface area contributed by atoms with Gasteiger partial charge in [0.1, 0.15) is 4.90 Å². The zero-order chi connectivity index (χ0) is 11.9. The van der Waals surface area contributed by atoms with Crippen molar-refractivity contribution in [3.05, 3.63) is 11.9 Å². The van der Waals surface area contributed by atoms with Crippen LogP contribution in [0.2, 0.25) is 0 Å². The molecule has 1 heterocycles. The standard InChI is InChI=1S/C6H8F3N3O2S/c1-12(2)15(13,14)4-3-10-11-5(4)6(7,8)9/h3H,1-2H3,(H,10,11). The van der Waals surface area contributed by atoms with Gasteiger partial charge in [-0.2, -0.15) is 18.3 Å². The van der Waals surface area contributed by atoms with Gasteiger partial charge in [-0.15, -0.1) is 0 Å². The number of aromatic amines is 1. The van der Waals surface area contributed by atoms with Gasteiger partial charge >= 0.3 is 6.18 Å². The molecule has 0 aliphatic carbocycles. The first-order chi connectivity index (χ1) is 6.67. The Hall–Kier alpha value is -1.09. The maximum Gasteiger partial charge on any atom is 0.434 e. The number of hydrogen-bond acceptors (Lipinski definition) is 3. The number of nitrogens with zero attached hydrogens (tertiary/aromatic N) is 2. The molecule has 1 rings (SSSR count). The summed E-state index contributed by atoms with van der Waals surface area (Å²) >= 11 is 0. The molecule has 86 valence electrons. The lowest BCUT2D eigenvalue weighted by atomic mass is 10.4. The van der Waals surface area contributed by atoms with Crippen LogP contribution in [0.5, 0.6) is 0 Å². The van der Waals surface area contributed by atoms with Crippen molar-refractivity contribution in [1.29, 1.82) is 0 Å². The van der Waals surface area contributed by atoms with E-state index in [9.17, 15) is 21.6 Å². The molecule has 0 atom stereocenters. The summed E-state index contributed by atoms with van der Waals surface area (Å²) in [6, 6.07) is 0. The van der Waals surface area contributed by atoms with Crippen LogP contribution < -0.4 is 0 Å². The van der Waals surface area contributed by atoms with Gasteiger partial charge in [-0.25, -0.2) is 12.7 Å². The Morgan fingerprint density at radius 2 is 1.93 bits per heavy atom. The fourth-order valence-electron chi connectivity index (χ4n) is 0.870. The maximum atomic E-state index is 12.3. The molecule has 0 radical (unpaired) electrons. The molecule has 0 bridgehead atoms. The van der Waals surface area contributed by atoms with Crippen molar-refractivity contribution >= 4 is 10.0 Å². The van der Waals surface area contributed by atoms with Gasteiger partial charge in [0, 0.05) is 14.1 Å². The normalized spacial score (nSPS) is 13.5. The Bertz CT molecular complexity index is 448. The number of H-pyrrole nitrogens is 1. The molecule has 0 aromatic carbocycles. The predicted molar refractivity (Wildman–Crippen MR) is 44.5 cm³/mol. The number of alkyl halides is 3. The van der Waals surface area contributed by atoms with Gasteiger partial charge in [0.2, 0.25) is 10.0 Å². The van der Waals surface area contributed by atoms with E-state index in [1.807, 2.05) is 0 Å². The fraction of sp³-hybridized carbons (Fsp3) is 0.500. The molecule has 0 fully saturated rings. The molecule has 1 aromatic rings. The summed E-state index contributed by atoms with van der Waals surface area (Å²) in [5.74, 6) is 0. The fourth-order valence-corrected chi connectivity index (χ4v) is 1.87. The minimum absolute atomic E-state index is 0.637. The van der Waals surface area contributed by atoms with Gasteiger partial charge in [-0.1, -0.05) is 0 Å². The third-order valence-electron chi connectivity index (χ3n) is 1.65. The first-order valence-electron chi connectivity index (χ1n) is 3.70. The summed E-state index contributed by atoms with van der Waals surface area (Å²) in [7, 11) is -1.85. The summed E-state index contributed by atoms with van der Waals surface area (Å²) in [6.45, 7) is 0. The second-order valence-corrected chi connectivity index (χ2v) is 5.01. The Morgan fingerprint density at radius 1 is 1.40 bits per heavy atom. The van der Waals surface area contributed by atoms with Gasteiger partial charge in [0.25, 0.3) is 0 Å². The minimum Gasteiger partial charge on any atom is -0.272 e. The number of halogens is 3. The molecule has 0 aliphatic heterocycles. The van der Waals surface area contributed by atoms with E-state index in [1.165, 1.54) is 0 Å². The number of nitrogens with one attached hydrogen (secondary N) is 1. The van der Waals surface area contributed by atoms with E-state index in [0.717, 1.165) is 14.1 Å². The summed E-state index contributed by atoms with van der Waals surface area (Å²) in [6.07, 6.45) is -4.13. The van der Waals surface area contributed by atoms with Crippen molar-refractivity contribution in [1.82, 2.24) is 14.5 Å². The topological polar surface area (TPSA) is 66.1 Å². The van der Waals surface area contributed by atoms with E-state index in [4.69, 9.17) is 0 Å². The molecular weight excluding hydrogens is 235 g/mol. The highest BCUT2D eigenvalue weighted by molar-refractivity contribution is 7.89. The molecule has 1 aromatic heterocycles. The van der Waals surface area contributed by atoms with Crippen LogP contribution in [0.15, 0.2) is 11.1 Å². The van der Waals surface area contributed by atoms with Gasteiger partial charge in [0.05, 0.1) is 6.20 Å². The van der Waals surface area contributed by atoms with Crippen LogP contribution in [0.3, 0.4) is 0 Å². The van der Waals surface area contributed by atoms with Gasteiger partial charge in [-0.05, 0) is 0 Å². The SMILES string of the molecule is CN(C)S(=O)(=O)c1cn[nH]c1C(F)(F)F. The molecular formula is C6H8F3N3O2S. The molecule has 15 heavy (non-hydrogen) atoms. The van der Waals surface area contributed by atoms with Crippen molar-refractivity contribution in [3.63, 3.8) is 0 Å². The predicted octanol–water partition coefficient (Wildman–Crippen LogP) is 0.679. The minimum atomic E-state index is -4.77. The van der Waals surface area contributed by atoms with Crippen LogP contribution in [0.1, 0.15) is 5.69 Å². The van der Waals surface area contributed by atoms with E-state index in [-0.39, 0.29) is 0 Å². The second kappa shape index (κ2) is 3.49. The first kappa shape index (κ1) is 12.0. The summed E-state index contributed by atoms with van der Waals surface area (Å²) in [5, 5.41) is 4.71. The quantitative estimate of drug-likeness (QED) is 0.830. The summed E-state index contributed by atoms with van der Waals surface area (Å²) < 4.78 is 60.5. The van der Waals surface area contributed by atoms with Crippen LogP contribution in [0.25, 0.3) is 0 Å². The largest absolute Gasteiger partial charge is 0.434 e. The maximum absolute atomic E-state index is 12.3. The Balaban J connectivity index is 3.36. The van der Waals surface area contributed by atoms with Crippen molar-refractivity contribution in [2.75, 3.05) is 14.1 Å². The van der Waals surface area contributed by atoms with E-state index < -0.39 is 26.8 Å². The van der Waals surface area contributed by atoms with Gasteiger partial charge in [-0.3, -0.25) is 5.10 Å². The van der Waals surface area contributed by atoms with E-state index in [1.54, 1.807) is 5.10 Å². The lowest BCUT2D eigenvalue weighted by molar-refractivity contribution is -0.143. The van der Waals surface area contributed by atoms with Crippen molar-refractivity contribution in [3.8, 4) is 0 Å². The number of hydrogen-bond donors (Lipinski definition) is 1. The zero-order valence-electron chi connectivity index (χ0n) is 7.83. The first-order valence-corrected chi connectivity index (χ1v) is 5.14. The second-order valence-electron chi connectivity index (χ2n) is 2.89. The monoisotopic (exact) mass is 243 g/mol. The van der Waals surface area contributed by atoms with E-state index >= 15 is 0 Å². The third-order valence-corrected chi connectivity index (χ3v) is 3.47. The molecule has 0 spiro atoms. The summed E-state index contributed by atoms with van der Waals surface area (Å²) in [4.78, 5) is -0.875. The van der Waals surface area contributed by atoms with E-state index in [0.29, 0.717) is 10.5 Å². The molecule has 1 N–H and O–H groups in total. The van der Waals surface area contributed by atoms with Crippen LogP contribution in [-0.2, 0) is 16.2 Å². The van der Waals surface area contributed by atoms with Crippen LogP contribution in [0, 0.1) is 0 Å². The number of aromatic nitrogens is 2. The van der Waals surface area contributed by atoms with Crippen molar-refractivity contribution in [2.45, 2.75) is 11.1 Å². The molecule has 9 heteroatoms. The molecule has 0 unspecified atom stereocenters. The molecule has 0 saturated heterocycles. The lowest BCUT2D eigenvalue weighted by Gasteiger charge is -2.12. The average Bonchev–Trinajstić information content (AvgIpc) is 2.49. The highest BCUT2D eigenvalue weighted by atomic mass is 32.2. The molecule has 5 nitrogen and oxygen atoms in total. The van der Waals surface area contributed by atoms with Crippen molar-refractivity contribution < 1.29 is 21.6 Å². The highest BCUT2D eigenvalue weighted by Crippen LogP contribution is 2.32. The van der Waals surface area contributed by atoms with Gasteiger partial charge in [0.15, 0.2) is 5.69 Å². The Labute approximate surface area is 83.9 Å². The zero-order valence-corrected chi connectivity index (χ0v) is 8.65. The molecule has 0 saturated carbocycles. The summed E-state index contributed by atoms with van der Waals surface area (Å²) in [5.41, 5.74) is -1.36.